The summed E-state index contributed by atoms with van der Waals surface area (Å²) in [5.41, 5.74) is 1.20. The topological polar surface area (TPSA) is 60.4 Å². The van der Waals surface area contributed by atoms with Gasteiger partial charge in [-0.05, 0) is 23.3 Å². The highest BCUT2D eigenvalue weighted by Crippen LogP contribution is 2.33. The van der Waals surface area contributed by atoms with E-state index in [1.54, 1.807) is 48.5 Å². The number of hydrogen-bond acceptors (Lipinski definition) is 4. The first kappa shape index (κ1) is 18.5. The maximum absolute atomic E-state index is 13.1. The molecule has 3 aromatic rings. The number of carbonyl (C=O) groups excluding carboxylic acids is 3. The summed E-state index contributed by atoms with van der Waals surface area (Å²) in [7, 11) is 0. The fourth-order valence-corrected chi connectivity index (χ4v) is 3.25. The first-order valence-corrected chi connectivity index (χ1v) is 8.96. The van der Waals surface area contributed by atoms with Gasteiger partial charge in [0, 0.05) is 16.7 Å². The van der Waals surface area contributed by atoms with Gasteiger partial charge in [0.2, 0.25) is 5.78 Å². The van der Waals surface area contributed by atoms with Crippen LogP contribution in [0.4, 0.5) is 4.39 Å². The molecule has 0 aromatic heterocycles. The van der Waals surface area contributed by atoms with Crippen molar-refractivity contribution in [2.45, 2.75) is 6.61 Å². The van der Waals surface area contributed by atoms with Gasteiger partial charge in [-0.25, -0.2) is 9.18 Å². The number of rotatable bonds is 4. The van der Waals surface area contributed by atoms with E-state index in [1.807, 2.05) is 0 Å². The third kappa shape index (κ3) is 3.50. The van der Waals surface area contributed by atoms with Gasteiger partial charge in [-0.2, -0.15) is 0 Å². The number of Topliss-reactive ketones (excluding diaryl/α,β-unsaturated/α-hetero) is 2. The standard InChI is InChI=1S/C24H15FO4/c25-17-12-10-15(11-13-17)14-29-24(28)21-20(16-6-2-1-3-7-16)22(26)18-8-4-5-9-19(18)23(21)27/h1-13H,14H2. The molecule has 0 unspecified atom stereocenters. The Morgan fingerprint density at radius 2 is 1.34 bits per heavy atom. The molecule has 0 spiro atoms. The minimum atomic E-state index is -0.888. The molecule has 3 aromatic carbocycles. The summed E-state index contributed by atoms with van der Waals surface area (Å²) in [6.45, 7) is -0.145. The van der Waals surface area contributed by atoms with Crippen molar-refractivity contribution in [3.8, 4) is 0 Å². The molecule has 4 nitrogen and oxygen atoms in total. The molecule has 4 rings (SSSR count). The molecule has 0 radical (unpaired) electrons. The molecule has 0 saturated heterocycles. The van der Waals surface area contributed by atoms with E-state index in [-0.39, 0.29) is 28.9 Å². The minimum absolute atomic E-state index is 0.0263. The van der Waals surface area contributed by atoms with E-state index in [1.165, 1.54) is 30.3 Å². The lowest BCUT2D eigenvalue weighted by atomic mass is 9.81. The van der Waals surface area contributed by atoms with Crippen LogP contribution in [-0.4, -0.2) is 17.5 Å². The number of hydrogen-bond donors (Lipinski definition) is 0. The Morgan fingerprint density at radius 3 is 2.00 bits per heavy atom. The second-order valence-corrected chi connectivity index (χ2v) is 6.52. The predicted molar refractivity (Wildman–Crippen MR) is 105 cm³/mol. The van der Waals surface area contributed by atoms with Crippen LogP contribution in [0.5, 0.6) is 0 Å². The Kier molecular flexibility index (Phi) is 4.87. The molecule has 5 heteroatoms. The molecule has 0 N–H and O–H groups in total. The van der Waals surface area contributed by atoms with Gasteiger partial charge >= 0.3 is 5.97 Å². The van der Waals surface area contributed by atoms with Gasteiger partial charge in [0.05, 0.1) is 0 Å². The smallest absolute Gasteiger partial charge is 0.343 e. The highest BCUT2D eigenvalue weighted by atomic mass is 19.1. The summed E-state index contributed by atoms with van der Waals surface area (Å²) in [4.78, 5) is 39.1. The number of fused-ring (bicyclic) bond motifs is 1. The zero-order valence-electron chi connectivity index (χ0n) is 15.2. The zero-order chi connectivity index (χ0) is 20.4. The molecule has 1 aliphatic rings. The van der Waals surface area contributed by atoms with E-state index in [4.69, 9.17) is 4.74 Å². The highest BCUT2D eigenvalue weighted by molar-refractivity contribution is 6.46. The van der Waals surface area contributed by atoms with Gasteiger partial charge in [0.25, 0.3) is 0 Å². The molecule has 0 aliphatic heterocycles. The molecule has 0 bridgehead atoms. The number of ketones is 2. The Morgan fingerprint density at radius 1 is 0.759 bits per heavy atom. The van der Waals surface area contributed by atoms with Gasteiger partial charge in [-0.3, -0.25) is 9.59 Å². The van der Waals surface area contributed by atoms with Crippen LogP contribution in [0.2, 0.25) is 0 Å². The Hall–Kier alpha value is -3.86. The fraction of sp³-hybridized carbons (Fsp3) is 0.0417. The van der Waals surface area contributed by atoms with E-state index in [9.17, 15) is 18.8 Å². The van der Waals surface area contributed by atoms with Crippen LogP contribution in [0.3, 0.4) is 0 Å². The lowest BCUT2D eigenvalue weighted by molar-refractivity contribution is -0.139. The molecule has 0 amide bonds. The van der Waals surface area contributed by atoms with Crippen LogP contribution < -0.4 is 0 Å². The Balaban J connectivity index is 1.75. The van der Waals surface area contributed by atoms with Crippen LogP contribution in [-0.2, 0) is 16.1 Å². The second-order valence-electron chi connectivity index (χ2n) is 6.52. The van der Waals surface area contributed by atoms with Gasteiger partial charge in [0.1, 0.15) is 18.0 Å². The number of halogens is 1. The van der Waals surface area contributed by atoms with Crippen molar-refractivity contribution in [2.24, 2.45) is 0 Å². The number of carbonyl (C=O) groups is 3. The summed E-state index contributed by atoms with van der Waals surface area (Å²) < 4.78 is 18.4. The monoisotopic (exact) mass is 386 g/mol. The van der Waals surface area contributed by atoms with Crippen molar-refractivity contribution < 1.29 is 23.5 Å². The maximum atomic E-state index is 13.1. The second kappa shape index (κ2) is 7.64. The number of allylic oxidation sites excluding steroid dienone is 1. The quantitative estimate of drug-likeness (QED) is 0.493. The molecular formula is C24H15FO4. The molecular weight excluding hydrogens is 371 g/mol. The number of esters is 1. The fourth-order valence-electron chi connectivity index (χ4n) is 3.25. The molecule has 29 heavy (non-hydrogen) atoms. The van der Waals surface area contributed by atoms with Gasteiger partial charge in [0.15, 0.2) is 5.78 Å². The van der Waals surface area contributed by atoms with Crippen LogP contribution in [0.25, 0.3) is 5.57 Å². The van der Waals surface area contributed by atoms with E-state index in [0.717, 1.165) is 0 Å². The van der Waals surface area contributed by atoms with Crippen LogP contribution in [0.1, 0.15) is 31.8 Å². The van der Waals surface area contributed by atoms with Crippen LogP contribution in [0.15, 0.2) is 84.4 Å². The minimum Gasteiger partial charge on any atom is -0.457 e. The van der Waals surface area contributed by atoms with Crippen molar-refractivity contribution in [1.82, 2.24) is 0 Å². The van der Waals surface area contributed by atoms with Crippen molar-refractivity contribution >= 4 is 23.1 Å². The van der Waals surface area contributed by atoms with Gasteiger partial charge in [-0.15, -0.1) is 0 Å². The lowest BCUT2D eigenvalue weighted by Crippen LogP contribution is -2.27. The average Bonchev–Trinajstić information content (AvgIpc) is 2.76. The first-order chi connectivity index (χ1) is 14.1. The van der Waals surface area contributed by atoms with E-state index >= 15 is 0 Å². The molecule has 1 aliphatic carbocycles. The molecule has 0 heterocycles. The number of benzene rings is 3. The molecule has 0 atom stereocenters. The van der Waals surface area contributed by atoms with Crippen LogP contribution in [0, 0.1) is 5.82 Å². The van der Waals surface area contributed by atoms with Crippen LogP contribution >= 0.6 is 0 Å². The van der Waals surface area contributed by atoms with Gasteiger partial charge < -0.3 is 4.74 Å². The SMILES string of the molecule is O=C(OCc1ccc(F)cc1)C1=C(c2ccccc2)C(=O)c2ccccc2C1=O. The van der Waals surface area contributed by atoms with Crippen molar-refractivity contribution in [3.05, 3.63) is 113 Å². The van der Waals surface area contributed by atoms with E-state index in [2.05, 4.69) is 0 Å². The molecule has 0 fully saturated rings. The maximum Gasteiger partial charge on any atom is 0.343 e. The largest absolute Gasteiger partial charge is 0.457 e. The third-order valence-corrected chi connectivity index (χ3v) is 4.67. The average molecular weight is 386 g/mol. The molecule has 142 valence electrons. The summed E-state index contributed by atoms with van der Waals surface area (Å²) in [5, 5.41) is 0. The Labute approximate surface area is 166 Å². The summed E-state index contributed by atoms with van der Waals surface area (Å²) in [5.74, 6) is -2.25. The summed E-state index contributed by atoms with van der Waals surface area (Å²) in [6.07, 6.45) is 0. The lowest BCUT2D eigenvalue weighted by Gasteiger charge is -2.20. The van der Waals surface area contributed by atoms with Crippen molar-refractivity contribution in [2.75, 3.05) is 0 Å². The van der Waals surface area contributed by atoms with Crippen molar-refractivity contribution in [3.63, 3.8) is 0 Å². The van der Waals surface area contributed by atoms with E-state index < -0.39 is 23.4 Å². The predicted octanol–water partition coefficient (Wildman–Crippen LogP) is 4.40. The molecule has 0 saturated carbocycles. The highest BCUT2D eigenvalue weighted by Gasteiger charge is 2.37. The summed E-state index contributed by atoms with van der Waals surface area (Å²) >= 11 is 0. The van der Waals surface area contributed by atoms with Crippen molar-refractivity contribution in [1.29, 1.82) is 0 Å². The summed E-state index contributed by atoms with van der Waals surface area (Å²) in [6, 6.07) is 20.4. The normalized spacial score (nSPS) is 13.3. The zero-order valence-corrected chi connectivity index (χ0v) is 15.2. The van der Waals surface area contributed by atoms with E-state index in [0.29, 0.717) is 11.1 Å². The third-order valence-electron chi connectivity index (χ3n) is 4.67. The van der Waals surface area contributed by atoms with Gasteiger partial charge in [-0.1, -0.05) is 66.7 Å². The Bertz CT molecular complexity index is 1150. The first-order valence-electron chi connectivity index (χ1n) is 8.96. The number of ether oxygens (including phenoxy) is 1.